The van der Waals surface area contributed by atoms with Gasteiger partial charge in [-0.25, -0.2) is 4.79 Å². The largest absolute Gasteiger partial charge is 0.388 e. The Balaban J connectivity index is 1.96. The van der Waals surface area contributed by atoms with Crippen LogP contribution in [0.5, 0.6) is 0 Å². The summed E-state index contributed by atoms with van der Waals surface area (Å²) in [5.41, 5.74) is 6.39. The Morgan fingerprint density at radius 1 is 1.48 bits per heavy atom. The molecule has 114 valence electrons. The molecule has 1 aromatic heterocycles. The van der Waals surface area contributed by atoms with Crippen molar-refractivity contribution in [1.82, 2.24) is 15.2 Å². The standard InChI is InChI=1S/C15H23N5O/c16-14(17)7-9-20(11-12-4-3-8-18-10-12)15(21)19-13-5-1-2-6-13/h3-4,8,10,13H,1-2,5-7,9,11H2,(H3,16,17)(H,19,21). The second kappa shape index (κ2) is 7.61. The summed E-state index contributed by atoms with van der Waals surface area (Å²) in [6, 6.07) is 4.00. The van der Waals surface area contributed by atoms with E-state index in [1.165, 1.54) is 12.8 Å². The van der Waals surface area contributed by atoms with E-state index in [2.05, 4.69) is 10.3 Å². The van der Waals surface area contributed by atoms with E-state index in [0.717, 1.165) is 18.4 Å². The third kappa shape index (κ3) is 5.06. The van der Waals surface area contributed by atoms with Crippen LogP contribution in [0.2, 0.25) is 0 Å². The van der Waals surface area contributed by atoms with Crippen molar-refractivity contribution in [3.8, 4) is 0 Å². The number of urea groups is 1. The van der Waals surface area contributed by atoms with E-state index in [0.29, 0.717) is 19.5 Å². The summed E-state index contributed by atoms with van der Waals surface area (Å²) in [6.45, 7) is 0.933. The first-order valence-corrected chi connectivity index (χ1v) is 7.42. The summed E-state index contributed by atoms with van der Waals surface area (Å²) < 4.78 is 0. The Morgan fingerprint density at radius 3 is 2.86 bits per heavy atom. The predicted octanol–water partition coefficient (Wildman–Crippen LogP) is 1.86. The highest BCUT2D eigenvalue weighted by atomic mass is 16.2. The molecular weight excluding hydrogens is 266 g/mol. The van der Waals surface area contributed by atoms with Gasteiger partial charge in [0.1, 0.15) is 0 Å². The molecule has 0 unspecified atom stereocenters. The Kier molecular flexibility index (Phi) is 5.54. The van der Waals surface area contributed by atoms with Crippen molar-refractivity contribution in [2.45, 2.75) is 44.7 Å². The molecule has 0 saturated heterocycles. The van der Waals surface area contributed by atoms with Crippen molar-refractivity contribution < 1.29 is 4.79 Å². The molecule has 0 bridgehead atoms. The van der Waals surface area contributed by atoms with E-state index in [1.807, 2.05) is 12.1 Å². The maximum Gasteiger partial charge on any atom is 0.317 e. The van der Waals surface area contributed by atoms with Crippen molar-refractivity contribution in [3.05, 3.63) is 30.1 Å². The van der Waals surface area contributed by atoms with Gasteiger partial charge in [0.25, 0.3) is 0 Å². The van der Waals surface area contributed by atoms with Gasteiger partial charge in [0.2, 0.25) is 0 Å². The van der Waals surface area contributed by atoms with Crippen LogP contribution in [0.3, 0.4) is 0 Å². The molecule has 1 aliphatic rings. The number of pyridine rings is 1. The highest BCUT2D eigenvalue weighted by Gasteiger charge is 2.21. The highest BCUT2D eigenvalue weighted by molar-refractivity contribution is 5.79. The summed E-state index contributed by atoms with van der Waals surface area (Å²) in [5, 5.41) is 10.4. The average molecular weight is 289 g/mol. The van der Waals surface area contributed by atoms with Crippen LogP contribution in [0.15, 0.2) is 24.5 Å². The molecule has 0 spiro atoms. The average Bonchev–Trinajstić information content (AvgIpc) is 2.97. The van der Waals surface area contributed by atoms with Crippen molar-refractivity contribution >= 4 is 11.9 Å². The zero-order valence-corrected chi connectivity index (χ0v) is 12.2. The molecule has 1 fully saturated rings. The van der Waals surface area contributed by atoms with E-state index in [9.17, 15) is 4.79 Å². The lowest BCUT2D eigenvalue weighted by atomic mass is 10.2. The van der Waals surface area contributed by atoms with Crippen LogP contribution in [0.4, 0.5) is 4.79 Å². The molecule has 1 saturated carbocycles. The second-order valence-corrected chi connectivity index (χ2v) is 5.49. The highest BCUT2D eigenvalue weighted by Crippen LogP contribution is 2.18. The molecule has 1 aliphatic carbocycles. The first-order chi connectivity index (χ1) is 10.1. The predicted molar refractivity (Wildman–Crippen MR) is 82.0 cm³/mol. The molecule has 0 aromatic carbocycles. The molecule has 0 atom stereocenters. The number of nitrogens with two attached hydrogens (primary N) is 1. The first-order valence-electron chi connectivity index (χ1n) is 7.42. The molecule has 21 heavy (non-hydrogen) atoms. The van der Waals surface area contributed by atoms with Crippen LogP contribution in [-0.2, 0) is 6.54 Å². The fraction of sp³-hybridized carbons (Fsp3) is 0.533. The minimum absolute atomic E-state index is 0.0768. The lowest BCUT2D eigenvalue weighted by molar-refractivity contribution is 0.192. The Bertz CT molecular complexity index is 470. The fourth-order valence-electron chi connectivity index (χ4n) is 2.56. The van der Waals surface area contributed by atoms with Crippen LogP contribution in [0.1, 0.15) is 37.7 Å². The van der Waals surface area contributed by atoms with Crippen LogP contribution in [-0.4, -0.2) is 34.3 Å². The van der Waals surface area contributed by atoms with Gasteiger partial charge < -0.3 is 16.0 Å². The van der Waals surface area contributed by atoms with Crippen molar-refractivity contribution in [2.24, 2.45) is 5.73 Å². The van der Waals surface area contributed by atoms with Gasteiger partial charge in [-0.05, 0) is 24.5 Å². The summed E-state index contributed by atoms with van der Waals surface area (Å²) >= 11 is 0. The number of rotatable bonds is 6. The summed E-state index contributed by atoms with van der Waals surface area (Å²) in [6.07, 6.45) is 8.32. The quantitative estimate of drug-likeness (QED) is 0.551. The second-order valence-electron chi connectivity index (χ2n) is 5.49. The van der Waals surface area contributed by atoms with Crippen LogP contribution < -0.4 is 11.1 Å². The van der Waals surface area contributed by atoms with Crippen LogP contribution in [0.25, 0.3) is 0 Å². The topological polar surface area (TPSA) is 95.1 Å². The molecule has 1 heterocycles. The van der Waals surface area contributed by atoms with Gasteiger partial charge in [-0.2, -0.15) is 0 Å². The Morgan fingerprint density at radius 2 is 2.24 bits per heavy atom. The summed E-state index contributed by atoms with van der Waals surface area (Å²) in [7, 11) is 0. The van der Waals surface area contributed by atoms with Gasteiger partial charge in [0.05, 0.1) is 5.84 Å². The van der Waals surface area contributed by atoms with Gasteiger partial charge >= 0.3 is 6.03 Å². The molecule has 1 aromatic rings. The maximum atomic E-state index is 12.4. The van der Waals surface area contributed by atoms with Gasteiger partial charge in [-0.3, -0.25) is 10.4 Å². The normalized spacial score (nSPS) is 14.9. The van der Waals surface area contributed by atoms with E-state index in [4.69, 9.17) is 11.1 Å². The minimum atomic E-state index is -0.0768. The van der Waals surface area contributed by atoms with Crippen LogP contribution >= 0.6 is 0 Å². The first kappa shape index (κ1) is 15.3. The fourth-order valence-corrected chi connectivity index (χ4v) is 2.56. The smallest absolute Gasteiger partial charge is 0.317 e. The number of hydrogen-bond acceptors (Lipinski definition) is 3. The zero-order valence-electron chi connectivity index (χ0n) is 12.2. The molecule has 2 rings (SSSR count). The molecule has 0 aliphatic heterocycles. The SMILES string of the molecule is N=C(N)CCN(Cc1cccnc1)C(=O)NC1CCCC1. The molecule has 6 nitrogen and oxygen atoms in total. The summed E-state index contributed by atoms with van der Waals surface area (Å²) in [4.78, 5) is 18.2. The molecule has 0 radical (unpaired) electrons. The van der Waals surface area contributed by atoms with E-state index >= 15 is 0 Å². The lowest BCUT2D eigenvalue weighted by Gasteiger charge is -2.25. The van der Waals surface area contributed by atoms with Crippen molar-refractivity contribution in [3.63, 3.8) is 0 Å². The third-order valence-corrected chi connectivity index (χ3v) is 3.72. The molecular formula is C15H23N5O. The Labute approximate surface area is 125 Å². The number of aromatic nitrogens is 1. The monoisotopic (exact) mass is 289 g/mol. The van der Waals surface area contributed by atoms with Gasteiger partial charge in [0.15, 0.2) is 0 Å². The number of amides is 2. The third-order valence-electron chi connectivity index (χ3n) is 3.72. The van der Waals surface area contributed by atoms with E-state index < -0.39 is 0 Å². The number of carbonyl (C=O) groups is 1. The maximum absolute atomic E-state index is 12.4. The lowest BCUT2D eigenvalue weighted by Crippen LogP contribution is -2.44. The number of amidine groups is 1. The molecule has 2 amide bonds. The van der Waals surface area contributed by atoms with Gasteiger partial charge in [0, 0.05) is 37.9 Å². The number of carbonyl (C=O) groups excluding carboxylic acids is 1. The van der Waals surface area contributed by atoms with Gasteiger partial charge in [-0.1, -0.05) is 18.9 Å². The minimum Gasteiger partial charge on any atom is -0.388 e. The van der Waals surface area contributed by atoms with Crippen molar-refractivity contribution in [2.75, 3.05) is 6.54 Å². The number of hydrogen-bond donors (Lipinski definition) is 3. The van der Waals surface area contributed by atoms with Crippen LogP contribution in [0, 0.1) is 5.41 Å². The zero-order chi connectivity index (χ0) is 15.1. The number of nitrogens with zero attached hydrogens (tertiary/aromatic N) is 2. The number of nitrogens with one attached hydrogen (secondary N) is 2. The summed E-state index contributed by atoms with van der Waals surface area (Å²) in [5.74, 6) is 0.0971. The molecule has 6 heteroatoms. The van der Waals surface area contributed by atoms with E-state index in [-0.39, 0.29) is 17.9 Å². The Hall–Kier alpha value is -2.11. The van der Waals surface area contributed by atoms with Gasteiger partial charge in [-0.15, -0.1) is 0 Å². The van der Waals surface area contributed by atoms with Crippen molar-refractivity contribution in [1.29, 1.82) is 5.41 Å². The molecule has 4 N–H and O–H groups in total. The van der Waals surface area contributed by atoms with E-state index in [1.54, 1.807) is 17.3 Å².